The molecule has 0 aliphatic heterocycles. The summed E-state index contributed by atoms with van der Waals surface area (Å²) in [7, 11) is 0. The zero-order valence-electron chi connectivity index (χ0n) is 10.4. The molecule has 1 amide bonds. The summed E-state index contributed by atoms with van der Waals surface area (Å²) in [5.41, 5.74) is 1.62. The molecule has 0 heterocycles. The van der Waals surface area contributed by atoms with E-state index in [-0.39, 0.29) is 5.91 Å². The molecule has 2 rings (SSSR count). The molecule has 2 unspecified atom stereocenters. The number of rotatable bonds is 3. The van der Waals surface area contributed by atoms with Crippen molar-refractivity contribution in [2.24, 2.45) is 5.92 Å². The first kappa shape index (κ1) is 13.9. The summed E-state index contributed by atoms with van der Waals surface area (Å²) < 4.78 is 0. The van der Waals surface area contributed by atoms with Crippen LogP contribution >= 0.6 is 27.5 Å². The highest BCUT2D eigenvalue weighted by atomic mass is 79.9. The summed E-state index contributed by atoms with van der Waals surface area (Å²) >= 11 is 9.61. The van der Waals surface area contributed by atoms with Crippen molar-refractivity contribution in [1.29, 1.82) is 0 Å². The van der Waals surface area contributed by atoms with Crippen molar-refractivity contribution in [3.05, 3.63) is 34.3 Å². The smallest absolute Gasteiger partial charge is 0.251 e. The third kappa shape index (κ3) is 3.27. The minimum Gasteiger partial charge on any atom is -0.352 e. The second-order valence-electron chi connectivity index (χ2n) is 4.88. The van der Waals surface area contributed by atoms with Crippen LogP contribution in [0, 0.1) is 12.8 Å². The van der Waals surface area contributed by atoms with Gasteiger partial charge in [-0.15, -0.1) is 0 Å². The Kier molecular flexibility index (Phi) is 4.68. The lowest BCUT2D eigenvalue weighted by atomic mass is 10.1. The second kappa shape index (κ2) is 6.07. The molecule has 1 aromatic rings. The highest BCUT2D eigenvalue weighted by Crippen LogP contribution is 2.30. The molecule has 0 saturated heterocycles. The number of benzene rings is 1. The van der Waals surface area contributed by atoms with Gasteiger partial charge < -0.3 is 5.32 Å². The number of carbonyl (C=O) groups excluding carboxylic acids is 1. The summed E-state index contributed by atoms with van der Waals surface area (Å²) in [5, 5.41) is 3.70. The molecule has 1 saturated carbocycles. The molecule has 1 aliphatic carbocycles. The van der Waals surface area contributed by atoms with Crippen molar-refractivity contribution in [1.82, 2.24) is 5.32 Å². The van der Waals surface area contributed by atoms with E-state index in [0.29, 0.717) is 21.3 Å². The van der Waals surface area contributed by atoms with Crippen LogP contribution in [0.15, 0.2) is 18.2 Å². The van der Waals surface area contributed by atoms with Gasteiger partial charge in [-0.05, 0) is 49.4 Å². The first-order valence-corrected chi connectivity index (χ1v) is 7.55. The Labute approximate surface area is 121 Å². The summed E-state index contributed by atoms with van der Waals surface area (Å²) in [6.45, 7) is 2.65. The number of carbonyl (C=O) groups is 1. The lowest BCUT2D eigenvalue weighted by Crippen LogP contribution is -2.30. The highest BCUT2D eigenvalue weighted by Gasteiger charge is 2.25. The Bertz CT molecular complexity index is 449. The fourth-order valence-corrected chi connectivity index (χ4v) is 3.23. The van der Waals surface area contributed by atoms with E-state index >= 15 is 0 Å². The van der Waals surface area contributed by atoms with Gasteiger partial charge >= 0.3 is 0 Å². The average Bonchev–Trinajstić information content (AvgIpc) is 2.75. The van der Waals surface area contributed by atoms with E-state index < -0.39 is 0 Å². The fourth-order valence-electron chi connectivity index (χ4n) is 2.33. The molecule has 0 radical (unpaired) electrons. The van der Waals surface area contributed by atoms with Crippen LogP contribution in [0.1, 0.15) is 35.2 Å². The second-order valence-corrected chi connectivity index (χ2v) is 6.46. The molecule has 0 bridgehead atoms. The molecule has 4 heteroatoms. The number of nitrogens with one attached hydrogen (secondary N) is 1. The lowest BCUT2D eigenvalue weighted by molar-refractivity contribution is 0.0948. The zero-order valence-corrected chi connectivity index (χ0v) is 12.7. The lowest BCUT2D eigenvalue weighted by Gasteiger charge is -2.15. The van der Waals surface area contributed by atoms with Crippen LogP contribution in [-0.4, -0.2) is 17.3 Å². The maximum absolute atomic E-state index is 12.0. The molecule has 1 aromatic carbocycles. The monoisotopic (exact) mass is 329 g/mol. The largest absolute Gasteiger partial charge is 0.352 e. The van der Waals surface area contributed by atoms with Crippen molar-refractivity contribution in [2.75, 3.05) is 6.54 Å². The van der Waals surface area contributed by atoms with Crippen molar-refractivity contribution in [3.63, 3.8) is 0 Å². The summed E-state index contributed by atoms with van der Waals surface area (Å²) in [6, 6.07) is 5.37. The summed E-state index contributed by atoms with van der Waals surface area (Å²) in [4.78, 5) is 12.5. The van der Waals surface area contributed by atoms with Gasteiger partial charge in [-0.3, -0.25) is 4.79 Å². The van der Waals surface area contributed by atoms with Crippen molar-refractivity contribution in [2.45, 2.75) is 31.0 Å². The Morgan fingerprint density at radius 1 is 1.50 bits per heavy atom. The number of alkyl halides is 1. The summed E-state index contributed by atoms with van der Waals surface area (Å²) in [5.74, 6) is 0.545. The minimum atomic E-state index is -0.0126. The van der Waals surface area contributed by atoms with Crippen molar-refractivity contribution in [3.8, 4) is 0 Å². The Morgan fingerprint density at radius 2 is 2.28 bits per heavy atom. The van der Waals surface area contributed by atoms with E-state index in [1.54, 1.807) is 12.1 Å². The number of halogens is 2. The SMILES string of the molecule is Cc1cc(C(=O)NCC2CCCC2Br)ccc1Cl. The standard InChI is InChI=1S/C14H17BrClNO/c1-9-7-10(5-6-13(9)16)14(18)17-8-11-3-2-4-12(11)15/h5-7,11-12H,2-4,8H2,1H3,(H,17,18). The first-order valence-electron chi connectivity index (χ1n) is 6.26. The van der Waals surface area contributed by atoms with E-state index in [0.717, 1.165) is 12.1 Å². The molecule has 18 heavy (non-hydrogen) atoms. The van der Waals surface area contributed by atoms with Gasteiger partial charge in [0.1, 0.15) is 0 Å². The Morgan fingerprint density at radius 3 is 2.89 bits per heavy atom. The van der Waals surface area contributed by atoms with Crippen molar-refractivity contribution < 1.29 is 4.79 Å². The number of amides is 1. The molecule has 1 aliphatic rings. The number of hydrogen-bond acceptors (Lipinski definition) is 1. The first-order chi connectivity index (χ1) is 8.58. The zero-order chi connectivity index (χ0) is 13.1. The highest BCUT2D eigenvalue weighted by molar-refractivity contribution is 9.09. The van der Waals surface area contributed by atoms with Gasteiger partial charge in [0.15, 0.2) is 0 Å². The molecule has 2 atom stereocenters. The van der Waals surface area contributed by atoms with Crippen LogP contribution < -0.4 is 5.32 Å². The maximum Gasteiger partial charge on any atom is 0.251 e. The third-order valence-electron chi connectivity index (χ3n) is 3.51. The maximum atomic E-state index is 12.0. The van der Waals surface area contributed by atoms with Gasteiger partial charge in [-0.2, -0.15) is 0 Å². The van der Waals surface area contributed by atoms with Crippen LogP contribution in [0.2, 0.25) is 5.02 Å². The van der Waals surface area contributed by atoms with Gasteiger partial charge in [0, 0.05) is 22.0 Å². The fraction of sp³-hybridized carbons (Fsp3) is 0.500. The Hall–Kier alpha value is -0.540. The molecule has 0 aromatic heterocycles. The van der Waals surface area contributed by atoms with E-state index in [1.807, 2.05) is 13.0 Å². The van der Waals surface area contributed by atoms with Gasteiger partial charge in [-0.1, -0.05) is 34.0 Å². The molecular formula is C14H17BrClNO. The van der Waals surface area contributed by atoms with E-state index in [4.69, 9.17) is 11.6 Å². The third-order valence-corrected chi connectivity index (χ3v) is 5.14. The predicted molar refractivity (Wildman–Crippen MR) is 78.6 cm³/mol. The molecule has 1 N–H and O–H groups in total. The molecule has 98 valence electrons. The van der Waals surface area contributed by atoms with Gasteiger partial charge in [0.2, 0.25) is 0 Å². The van der Waals surface area contributed by atoms with Crippen LogP contribution in [-0.2, 0) is 0 Å². The molecule has 0 spiro atoms. The minimum absolute atomic E-state index is 0.0126. The molecule has 1 fully saturated rings. The number of aryl methyl sites for hydroxylation is 1. The Balaban J connectivity index is 1.93. The molecular weight excluding hydrogens is 314 g/mol. The molecule has 2 nitrogen and oxygen atoms in total. The number of hydrogen-bond donors (Lipinski definition) is 1. The summed E-state index contributed by atoms with van der Waals surface area (Å²) in [6.07, 6.45) is 3.65. The van der Waals surface area contributed by atoms with Crippen LogP contribution in [0.25, 0.3) is 0 Å². The van der Waals surface area contributed by atoms with Gasteiger partial charge in [-0.25, -0.2) is 0 Å². The predicted octanol–water partition coefficient (Wildman–Crippen LogP) is 3.94. The van der Waals surface area contributed by atoms with Crippen LogP contribution in [0.3, 0.4) is 0 Å². The van der Waals surface area contributed by atoms with Gasteiger partial charge in [0.25, 0.3) is 5.91 Å². The normalized spacial score (nSPS) is 23.1. The topological polar surface area (TPSA) is 29.1 Å². The van der Waals surface area contributed by atoms with Crippen LogP contribution in [0.5, 0.6) is 0 Å². The average molecular weight is 331 g/mol. The van der Waals surface area contributed by atoms with E-state index in [2.05, 4.69) is 21.2 Å². The van der Waals surface area contributed by atoms with Crippen molar-refractivity contribution >= 4 is 33.4 Å². The van der Waals surface area contributed by atoms with E-state index in [9.17, 15) is 4.79 Å². The van der Waals surface area contributed by atoms with Crippen LogP contribution in [0.4, 0.5) is 0 Å². The van der Waals surface area contributed by atoms with E-state index in [1.165, 1.54) is 19.3 Å². The quantitative estimate of drug-likeness (QED) is 0.836. The van der Waals surface area contributed by atoms with Gasteiger partial charge in [0.05, 0.1) is 0 Å².